The molecule has 0 aliphatic carbocycles. The second-order valence-corrected chi connectivity index (χ2v) is 7.39. The maximum atomic E-state index is 12.8. The van der Waals surface area contributed by atoms with Gasteiger partial charge in [-0.15, -0.1) is 0 Å². The van der Waals surface area contributed by atoms with Crippen LogP contribution in [0.15, 0.2) is 72.8 Å². The topological polar surface area (TPSA) is 49.4 Å². The van der Waals surface area contributed by atoms with E-state index >= 15 is 0 Å². The number of anilines is 1. The van der Waals surface area contributed by atoms with Crippen LogP contribution in [0, 0.1) is 5.92 Å². The average molecular weight is 372 g/mol. The monoisotopic (exact) mass is 372 g/mol. The van der Waals surface area contributed by atoms with Gasteiger partial charge in [0.1, 0.15) is 0 Å². The molecule has 0 spiro atoms. The zero-order chi connectivity index (χ0) is 19.3. The number of hydrogen-bond donors (Lipinski definition) is 1. The van der Waals surface area contributed by atoms with Crippen molar-refractivity contribution >= 4 is 28.3 Å². The number of amides is 2. The number of likely N-dealkylation sites (tertiary alicyclic amines) is 1. The van der Waals surface area contributed by atoms with Gasteiger partial charge in [0.2, 0.25) is 11.8 Å². The lowest BCUT2D eigenvalue weighted by Crippen LogP contribution is -2.44. The van der Waals surface area contributed by atoms with Crippen molar-refractivity contribution in [3.8, 4) is 0 Å². The van der Waals surface area contributed by atoms with E-state index in [1.807, 2.05) is 71.6 Å². The molecule has 1 heterocycles. The molecule has 1 fully saturated rings. The first-order chi connectivity index (χ1) is 13.7. The molecule has 1 N–H and O–H groups in total. The van der Waals surface area contributed by atoms with Gasteiger partial charge in [0, 0.05) is 18.8 Å². The Labute approximate surface area is 165 Å². The molecular formula is C24H24N2O2. The summed E-state index contributed by atoms with van der Waals surface area (Å²) in [5.41, 5.74) is 1.81. The zero-order valence-corrected chi connectivity index (χ0v) is 15.8. The molecule has 0 saturated carbocycles. The molecule has 142 valence electrons. The van der Waals surface area contributed by atoms with Gasteiger partial charge in [0.05, 0.1) is 12.3 Å². The molecule has 1 atom stereocenters. The van der Waals surface area contributed by atoms with Crippen molar-refractivity contribution in [2.45, 2.75) is 19.3 Å². The lowest BCUT2D eigenvalue weighted by Gasteiger charge is -2.32. The fourth-order valence-corrected chi connectivity index (χ4v) is 3.81. The van der Waals surface area contributed by atoms with Crippen LogP contribution in [-0.4, -0.2) is 29.8 Å². The van der Waals surface area contributed by atoms with Gasteiger partial charge in [-0.2, -0.15) is 0 Å². The van der Waals surface area contributed by atoms with Crippen LogP contribution in [0.1, 0.15) is 18.4 Å². The number of hydrogen-bond acceptors (Lipinski definition) is 2. The molecule has 1 unspecified atom stereocenters. The summed E-state index contributed by atoms with van der Waals surface area (Å²) in [6.07, 6.45) is 2.06. The highest BCUT2D eigenvalue weighted by molar-refractivity contribution is 5.96. The van der Waals surface area contributed by atoms with Crippen LogP contribution in [0.2, 0.25) is 0 Å². The third-order valence-corrected chi connectivity index (χ3v) is 5.36. The van der Waals surface area contributed by atoms with E-state index < -0.39 is 0 Å². The average Bonchev–Trinajstić information content (AvgIpc) is 2.74. The van der Waals surface area contributed by atoms with Crippen LogP contribution in [0.5, 0.6) is 0 Å². The summed E-state index contributed by atoms with van der Waals surface area (Å²) < 4.78 is 0. The van der Waals surface area contributed by atoms with Gasteiger partial charge in [0.15, 0.2) is 0 Å². The van der Waals surface area contributed by atoms with Gasteiger partial charge in [-0.3, -0.25) is 9.59 Å². The van der Waals surface area contributed by atoms with E-state index in [9.17, 15) is 9.59 Å². The quantitative estimate of drug-likeness (QED) is 0.744. The number of nitrogens with zero attached hydrogens (tertiary/aromatic N) is 1. The Bertz CT molecular complexity index is 984. The highest BCUT2D eigenvalue weighted by Crippen LogP contribution is 2.22. The smallest absolute Gasteiger partial charge is 0.229 e. The number of fused-ring (bicyclic) bond motifs is 1. The van der Waals surface area contributed by atoms with E-state index in [4.69, 9.17) is 0 Å². The number of nitrogens with one attached hydrogen (secondary N) is 1. The Morgan fingerprint density at radius 2 is 1.68 bits per heavy atom. The molecule has 1 saturated heterocycles. The molecule has 28 heavy (non-hydrogen) atoms. The molecule has 2 amide bonds. The SMILES string of the molecule is O=C(Nc1ccc2ccccc2c1)C1CCCN(C(=O)Cc2ccccc2)C1. The summed E-state index contributed by atoms with van der Waals surface area (Å²) in [5.74, 6) is -0.0816. The Kier molecular flexibility index (Phi) is 5.38. The third kappa shape index (κ3) is 4.22. The third-order valence-electron chi connectivity index (χ3n) is 5.36. The largest absolute Gasteiger partial charge is 0.342 e. The highest BCUT2D eigenvalue weighted by atomic mass is 16.2. The van der Waals surface area contributed by atoms with Gasteiger partial charge in [-0.25, -0.2) is 0 Å². The Balaban J connectivity index is 1.39. The van der Waals surface area contributed by atoms with Gasteiger partial charge in [-0.05, 0) is 41.3 Å². The summed E-state index contributed by atoms with van der Waals surface area (Å²) in [7, 11) is 0. The fourth-order valence-electron chi connectivity index (χ4n) is 3.81. The molecular weight excluding hydrogens is 348 g/mol. The number of benzene rings is 3. The van der Waals surface area contributed by atoms with Crippen molar-refractivity contribution in [1.29, 1.82) is 0 Å². The Morgan fingerprint density at radius 3 is 2.50 bits per heavy atom. The van der Waals surface area contributed by atoms with Gasteiger partial charge in [-0.1, -0.05) is 60.7 Å². The van der Waals surface area contributed by atoms with Crippen LogP contribution >= 0.6 is 0 Å². The molecule has 3 aromatic carbocycles. The van der Waals surface area contributed by atoms with Crippen molar-refractivity contribution in [1.82, 2.24) is 4.90 Å². The molecule has 4 nitrogen and oxygen atoms in total. The van der Waals surface area contributed by atoms with Crippen LogP contribution in [-0.2, 0) is 16.0 Å². The molecule has 0 aromatic heterocycles. The summed E-state index contributed by atoms with van der Waals surface area (Å²) >= 11 is 0. The maximum Gasteiger partial charge on any atom is 0.229 e. The molecule has 0 radical (unpaired) electrons. The second-order valence-electron chi connectivity index (χ2n) is 7.39. The van der Waals surface area contributed by atoms with Crippen molar-refractivity contribution in [2.24, 2.45) is 5.92 Å². The zero-order valence-electron chi connectivity index (χ0n) is 15.8. The van der Waals surface area contributed by atoms with E-state index in [0.717, 1.165) is 41.4 Å². The van der Waals surface area contributed by atoms with E-state index in [2.05, 4.69) is 11.4 Å². The van der Waals surface area contributed by atoms with Crippen molar-refractivity contribution in [3.05, 3.63) is 78.4 Å². The maximum absolute atomic E-state index is 12.8. The molecule has 1 aliphatic heterocycles. The number of carbonyl (C=O) groups excluding carboxylic acids is 2. The van der Waals surface area contributed by atoms with Crippen molar-refractivity contribution in [2.75, 3.05) is 18.4 Å². The minimum absolute atomic E-state index is 0.00695. The summed E-state index contributed by atoms with van der Waals surface area (Å²) in [4.78, 5) is 27.3. The minimum atomic E-state index is -0.167. The summed E-state index contributed by atoms with van der Waals surface area (Å²) in [5, 5.41) is 5.29. The number of carbonyl (C=O) groups is 2. The van der Waals surface area contributed by atoms with Crippen LogP contribution < -0.4 is 5.32 Å². The highest BCUT2D eigenvalue weighted by Gasteiger charge is 2.28. The van der Waals surface area contributed by atoms with E-state index in [1.54, 1.807) is 0 Å². The first kappa shape index (κ1) is 18.2. The summed E-state index contributed by atoms with van der Waals surface area (Å²) in [6, 6.07) is 23.8. The van der Waals surface area contributed by atoms with Crippen molar-refractivity contribution < 1.29 is 9.59 Å². The number of piperidine rings is 1. The molecule has 0 bridgehead atoms. The predicted octanol–water partition coefficient (Wildman–Crippen LogP) is 4.26. The number of rotatable bonds is 4. The fraction of sp³-hybridized carbons (Fsp3) is 0.250. The Hall–Kier alpha value is -3.14. The van der Waals surface area contributed by atoms with Crippen LogP contribution in [0.4, 0.5) is 5.69 Å². The van der Waals surface area contributed by atoms with Crippen molar-refractivity contribution in [3.63, 3.8) is 0 Å². The normalized spacial score (nSPS) is 16.7. The second kappa shape index (κ2) is 8.26. The standard InChI is InChI=1S/C24H24N2O2/c27-23(15-18-7-2-1-3-8-18)26-14-6-11-21(17-26)24(28)25-22-13-12-19-9-4-5-10-20(19)16-22/h1-5,7-10,12-13,16,21H,6,11,14-15,17H2,(H,25,28). The lowest BCUT2D eigenvalue weighted by atomic mass is 9.96. The van der Waals surface area contributed by atoms with E-state index in [-0.39, 0.29) is 17.7 Å². The molecule has 3 aromatic rings. The van der Waals surface area contributed by atoms with Crippen LogP contribution in [0.25, 0.3) is 10.8 Å². The Morgan fingerprint density at radius 1 is 0.929 bits per heavy atom. The predicted molar refractivity (Wildman–Crippen MR) is 112 cm³/mol. The first-order valence-corrected chi connectivity index (χ1v) is 9.80. The van der Waals surface area contributed by atoms with E-state index in [0.29, 0.717) is 13.0 Å². The van der Waals surface area contributed by atoms with Gasteiger partial charge < -0.3 is 10.2 Å². The summed E-state index contributed by atoms with van der Waals surface area (Å²) in [6.45, 7) is 1.22. The van der Waals surface area contributed by atoms with Gasteiger partial charge >= 0.3 is 0 Å². The first-order valence-electron chi connectivity index (χ1n) is 9.80. The van der Waals surface area contributed by atoms with Crippen LogP contribution in [0.3, 0.4) is 0 Å². The molecule has 4 rings (SSSR count). The van der Waals surface area contributed by atoms with E-state index in [1.165, 1.54) is 0 Å². The lowest BCUT2D eigenvalue weighted by molar-refractivity contribution is -0.133. The molecule has 4 heteroatoms. The minimum Gasteiger partial charge on any atom is -0.342 e. The molecule has 1 aliphatic rings. The van der Waals surface area contributed by atoms with Gasteiger partial charge in [0.25, 0.3) is 0 Å².